The van der Waals surface area contributed by atoms with Crippen LogP contribution in [0.3, 0.4) is 0 Å². The topological polar surface area (TPSA) is 60.5 Å². The van der Waals surface area contributed by atoms with Crippen LogP contribution in [0.4, 0.5) is 9.52 Å². The first-order valence-corrected chi connectivity index (χ1v) is 9.33. The molecule has 0 saturated heterocycles. The van der Waals surface area contributed by atoms with E-state index in [1.807, 2.05) is 24.3 Å². The highest BCUT2D eigenvalue weighted by atomic mass is 32.1. The van der Waals surface area contributed by atoms with Crippen molar-refractivity contribution in [1.82, 2.24) is 4.98 Å². The first-order valence-electron chi connectivity index (χ1n) is 8.45. The van der Waals surface area contributed by atoms with E-state index in [-0.39, 0.29) is 17.6 Å². The number of methoxy groups -OCH3 is 1. The molecule has 3 aromatic rings. The fourth-order valence-electron chi connectivity index (χ4n) is 3.04. The van der Waals surface area contributed by atoms with Crippen molar-refractivity contribution in [2.75, 3.05) is 19.0 Å². The van der Waals surface area contributed by atoms with Crippen LogP contribution in [0.15, 0.2) is 47.8 Å². The van der Waals surface area contributed by atoms with Crippen LogP contribution in [-0.2, 0) is 11.2 Å². The number of carbonyl (C=O) groups is 1. The van der Waals surface area contributed by atoms with Gasteiger partial charge in [0, 0.05) is 10.9 Å². The minimum Gasteiger partial charge on any atom is -0.496 e. The standard InChI is InChI=1S/C20H17FN2O3S/c1-25-18-7-6-14(21)9-15(18)16-11-27-20(22-16)23-19(24)13-8-12-4-2-3-5-17(12)26-10-13/h2-7,9,11,13H,8,10H2,1H3,(H,22,23,24). The molecule has 0 aliphatic carbocycles. The molecular formula is C20H17FN2O3S. The number of hydrogen-bond donors (Lipinski definition) is 1. The summed E-state index contributed by atoms with van der Waals surface area (Å²) in [5, 5.41) is 5.06. The van der Waals surface area contributed by atoms with Crippen LogP contribution < -0.4 is 14.8 Å². The molecule has 138 valence electrons. The minimum absolute atomic E-state index is 0.142. The summed E-state index contributed by atoms with van der Waals surface area (Å²) in [7, 11) is 1.52. The maximum atomic E-state index is 13.6. The van der Waals surface area contributed by atoms with Gasteiger partial charge in [-0.15, -0.1) is 11.3 Å². The van der Waals surface area contributed by atoms with Gasteiger partial charge >= 0.3 is 0 Å². The van der Waals surface area contributed by atoms with E-state index in [1.165, 1.54) is 30.6 Å². The molecular weight excluding hydrogens is 367 g/mol. The molecule has 0 spiro atoms. The zero-order valence-electron chi connectivity index (χ0n) is 14.6. The van der Waals surface area contributed by atoms with Crippen molar-refractivity contribution in [3.63, 3.8) is 0 Å². The van der Waals surface area contributed by atoms with Crippen LogP contribution in [-0.4, -0.2) is 24.6 Å². The molecule has 5 nitrogen and oxygen atoms in total. The smallest absolute Gasteiger partial charge is 0.233 e. The van der Waals surface area contributed by atoms with E-state index in [2.05, 4.69) is 10.3 Å². The van der Waals surface area contributed by atoms with Crippen molar-refractivity contribution < 1.29 is 18.7 Å². The van der Waals surface area contributed by atoms with Gasteiger partial charge in [-0.25, -0.2) is 9.37 Å². The lowest BCUT2D eigenvalue weighted by Crippen LogP contribution is -2.32. The Balaban J connectivity index is 1.49. The number of hydrogen-bond acceptors (Lipinski definition) is 5. The number of ether oxygens (including phenoxy) is 2. The molecule has 4 rings (SSSR count). The normalized spacial score (nSPS) is 15.6. The molecule has 0 bridgehead atoms. The number of nitrogens with zero attached hydrogens (tertiary/aromatic N) is 1. The zero-order chi connectivity index (χ0) is 18.8. The van der Waals surface area contributed by atoms with E-state index in [4.69, 9.17) is 9.47 Å². The Kier molecular flexibility index (Phi) is 4.77. The molecule has 2 aromatic carbocycles. The highest BCUT2D eigenvalue weighted by Gasteiger charge is 2.26. The molecule has 1 unspecified atom stereocenters. The fraction of sp³-hybridized carbons (Fsp3) is 0.200. The van der Waals surface area contributed by atoms with E-state index in [9.17, 15) is 9.18 Å². The van der Waals surface area contributed by atoms with Crippen LogP contribution in [0.25, 0.3) is 11.3 Å². The molecule has 1 aliphatic heterocycles. The predicted octanol–water partition coefficient (Wildman–Crippen LogP) is 4.15. The number of anilines is 1. The number of nitrogens with one attached hydrogen (secondary N) is 1. The predicted molar refractivity (Wildman–Crippen MR) is 102 cm³/mol. The molecule has 1 amide bonds. The summed E-state index contributed by atoms with van der Waals surface area (Å²) in [4.78, 5) is 17.0. The van der Waals surface area contributed by atoms with Gasteiger partial charge in [0.05, 0.1) is 18.7 Å². The summed E-state index contributed by atoms with van der Waals surface area (Å²) in [5.41, 5.74) is 2.12. The highest BCUT2D eigenvalue weighted by Crippen LogP contribution is 2.33. The molecule has 1 atom stereocenters. The third-order valence-electron chi connectivity index (χ3n) is 4.42. The Morgan fingerprint density at radius 3 is 3.04 bits per heavy atom. The first-order chi connectivity index (χ1) is 13.1. The lowest BCUT2D eigenvalue weighted by atomic mass is 9.96. The monoisotopic (exact) mass is 384 g/mol. The number of fused-ring (bicyclic) bond motifs is 1. The highest BCUT2D eigenvalue weighted by molar-refractivity contribution is 7.14. The Morgan fingerprint density at radius 2 is 2.19 bits per heavy atom. The summed E-state index contributed by atoms with van der Waals surface area (Å²) in [6.07, 6.45) is 0.623. The maximum Gasteiger partial charge on any atom is 0.233 e. The molecule has 0 saturated carbocycles. The van der Waals surface area contributed by atoms with Gasteiger partial charge in [-0.05, 0) is 36.2 Å². The van der Waals surface area contributed by atoms with Gasteiger partial charge in [0.2, 0.25) is 5.91 Å². The number of halogens is 1. The summed E-state index contributed by atoms with van der Waals surface area (Å²) >= 11 is 1.29. The van der Waals surface area contributed by atoms with Gasteiger partial charge < -0.3 is 14.8 Å². The van der Waals surface area contributed by atoms with Crippen molar-refractivity contribution in [2.24, 2.45) is 5.92 Å². The number of aromatic nitrogens is 1. The Labute approximate surface area is 159 Å². The van der Waals surface area contributed by atoms with Crippen LogP contribution >= 0.6 is 11.3 Å². The van der Waals surface area contributed by atoms with Gasteiger partial charge in [-0.2, -0.15) is 0 Å². The van der Waals surface area contributed by atoms with E-state index in [1.54, 1.807) is 11.4 Å². The average Bonchev–Trinajstić information content (AvgIpc) is 3.16. The Morgan fingerprint density at radius 1 is 1.33 bits per heavy atom. The molecule has 27 heavy (non-hydrogen) atoms. The van der Waals surface area contributed by atoms with E-state index in [0.717, 1.165) is 11.3 Å². The number of amides is 1. The second-order valence-corrected chi connectivity index (χ2v) is 7.05. The van der Waals surface area contributed by atoms with Crippen molar-refractivity contribution in [1.29, 1.82) is 0 Å². The minimum atomic E-state index is -0.373. The molecule has 7 heteroatoms. The molecule has 1 aromatic heterocycles. The third-order valence-corrected chi connectivity index (χ3v) is 5.18. The number of thiazole rings is 1. The van der Waals surface area contributed by atoms with Gasteiger partial charge in [0.25, 0.3) is 0 Å². The lowest BCUT2D eigenvalue weighted by molar-refractivity contribution is -0.121. The largest absolute Gasteiger partial charge is 0.496 e. The third kappa shape index (κ3) is 3.64. The van der Waals surface area contributed by atoms with Gasteiger partial charge in [0.15, 0.2) is 5.13 Å². The second kappa shape index (κ2) is 7.36. The van der Waals surface area contributed by atoms with Gasteiger partial charge in [-0.3, -0.25) is 4.79 Å². The molecule has 1 aliphatic rings. The fourth-order valence-corrected chi connectivity index (χ4v) is 3.75. The molecule has 2 heterocycles. The summed E-state index contributed by atoms with van der Waals surface area (Å²) < 4.78 is 24.5. The van der Waals surface area contributed by atoms with Gasteiger partial charge in [-0.1, -0.05) is 18.2 Å². The van der Waals surface area contributed by atoms with Crippen LogP contribution in [0.1, 0.15) is 5.56 Å². The van der Waals surface area contributed by atoms with E-state index >= 15 is 0 Å². The quantitative estimate of drug-likeness (QED) is 0.734. The molecule has 0 radical (unpaired) electrons. The second-order valence-electron chi connectivity index (χ2n) is 6.19. The Hall–Kier alpha value is -2.93. The molecule has 0 fully saturated rings. The van der Waals surface area contributed by atoms with Crippen molar-refractivity contribution in [3.05, 3.63) is 59.2 Å². The van der Waals surface area contributed by atoms with Crippen LogP contribution in [0.5, 0.6) is 11.5 Å². The number of rotatable bonds is 4. The SMILES string of the molecule is COc1ccc(F)cc1-c1csc(NC(=O)C2COc3ccccc3C2)n1. The van der Waals surface area contributed by atoms with Crippen LogP contribution in [0, 0.1) is 11.7 Å². The summed E-state index contributed by atoms with van der Waals surface area (Å²) in [6.45, 7) is 0.332. The van der Waals surface area contributed by atoms with Crippen molar-refractivity contribution in [3.8, 4) is 22.8 Å². The summed E-state index contributed by atoms with van der Waals surface area (Å²) in [5.74, 6) is 0.558. The number of carbonyl (C=O) groups excluding carboxylic acids is 1. The van der Waals surface area contributed by atoms with E-state index in [0.29, 0.717) is 35.2 Å². The average molecular weight is 384 g/mol. The number of para-hydroxylation sites is 1. The van der Waals surface area contributed by atoms with Crippen molar-refractivity contribution >= 4 is 22.4 Å². The van der Waals surface area contributed by atoms with E-state index < -0.39 is 0 Å². The molecule has 1 N–H and O–H groups in total. The maximum absolute atomic E-state index is 13.6. The summed E-state index contributed by atoms with van der Waals surface area (Å²) in [6, 6.07) is 12.0. The Bertz CT molecular complexity index is 989. The zero-order valence-corrected chi connectivity index (χ0v) is 15.4. The van der Waals surface area contributed by atoms with Crippen molar-refractivity contribution in [2.45, 2.75) is 6.42 Å². The lowest BCUT2D eigenvalue weighted by Gasteiger charge is -2.24. The first kappa shape index (κ1) is 17.5. The van der Waals surface area contributed by atoms with Gasteiger partial charge in [0.1, 0.15) is 23.9 Å². The van der Waals surface area contributed by atoms with Crippen LogP contribution in [0.2, 0.25) is 0 Å². The number of benzene rings is 2.